The molecule has 0 amide bonds. The summed E-state index contributed by atoms with van der Waals surface area (Å²) in [5, 5.41) is 12.4. The van der Waals surface area contributed by atoms with E-state index >= 15 is 0 Å². The molecule has 0 aliphatic carbocycles. The monoisotopic (exact) mass is 246 g/mol. The molecule has 1 aromatic carbocycles. The van der Waals surface area contributed by atoms with Crippen molar-refractivity contribution >= 4 is 16.0 Å². The van der Waals surface area contributed by atoms with E-state index in [1.807, 2.05) is 4.72 Å². The smallest absolute Gasteiger partial charge is 0.357 e. The number of aliphatic hydroxyl groups excluding tert-OH is 1. The summed E-state index contributed by atoms with van der Waals surface area (Å²) >= 11 is 0. The molecule has 1 aromatic rings. The molecular weight excluding hydrogens is 232 g/mol. The van der Waals surface area contributed by atoms with Crippen molar-refractivity contribution in [1.29, 1.82) is 0 Å². The Bertz CT molecular complexity index is 447. The topological polar surface area (TPSA) is 98.7 Å². The minimum atomic E-state index is -4.28. The van der Waals surface area contributed by atoms with E-state index in [9.17, 15) is 13.5 Å². The van der Waals surface area contributed by atoms with E-state index in [0.717, 1.165) is 0 Å². The van der Waals surface area contributed by atoms with Gasteiger partial charge in [0, 0.05) is 6.54 Å². The first-order valence-corrected chi connectivity index (χ1v) is 6.04. The highest BCUT2D eigenvalue weighted by molar-refractivity contribution is 7.87. The van der Waals surface area contributed by atoms with Crippen molar-refractivity contribution in [1.82, 2.24) is 5.32 Å². The molecule has 0 aromatic heterocycles. The highest BCUT2D eigenvalue weighted by atomic mass is 32.2. The fourth-order valence-electron chi connectivity index (χ4n) is 1.27. The average molecular weight is 246 g/mol. The number of hydrogen-bond acceptors (Lipinski definition) is 4. The van der Waals surface area contributed by atoms with Crippen LogP contribution in [0.4, 0.5) is 5.69 Å². The first-order valence-electron chi connectivity index (χ1n) is 4.60. The summed E-state index contributed by atoms with van der Waals surface area (Å²) in [4.78, 5) is 0. The lowest BCUT2D eigenvalue weighted by atomic mass is 10.1. The Hall–Kier alpha value is -1.15. The zero-order chi connectivity index (χ0) is 12.2. The molecule has 0 radical (unpaired) electrons. The van der Waals surface area contributed by atoms with Gasteiger partial charge in [-0.2, -0.15) is 8.42 Å². The second-order valence-electron chi connectivity index (χ2n) is 3.28. The molecule has 16 heavy (non-hydrogen) atoms. The van der Waals surface area contributed by atoms with Gasteiger partial charge < -0.3 is 10.4 Å². The normalized spacial score (nSPS) is 13.4. The van der Waals surface area contributed by atoms with Gasteiger partial charge in [0.15, 0.2) is 0 Å². The van der Waals surface area contributed by atoms with E-state index in [1.54, 1.807) is 19.2 Å². The SMILES string of the molecule is CNCC(O)c1cccc(NS(=O)(=O)O)c1. The van der Waals surface area contributed by atoms with Crippen LogP contribution >= 0.6 is 0 Å². The number of benzene rings is 1. The molecule has 0 saturated heterocycles. The lowest BCUT2D eigenvalue weighted by molar-refractivity contribution is 0.178. The third-order valence-electron chi connectivity index (χ3n) is 1.92. The standard InChI is InChI=1S/C9H14N2O4S/c1-10-6-9(12)7-3-2-4-8(5-7)11-16(13,14)15/h2-5,9-12H,6H2,1H3,(H,13,14,15). The molecule has 0 spiro atoms. The van der Waals surface area contributed by atoms with Crippen LogP contribution in [0.2, 0.25) is 0 Å². The summed E-state index contributed by atoms with van der Waals surface area (Å²) in [5.74, 6) is 0. The maximum absolute atomic E-state index is 10.6. The van der Waals surface area contributed by atoms with Crippen molar-refractivity contribution in [3.05, 3.63) is 29.8 Å². The van der Waals surface area contributed by atoms with Gasteiger partial charge in [0.05, 0.1) is 11.8 Å². The van der Waals surface area contributed by atoms with Crippen molar-refractivity contribution in [2.75, 3.05) is 18.3 Å². The first kappa shape index (κ1) is 12.9. The van der Waals surface area contributed by atoms with Gasteiger partial charge in [0.1, 0.15) is 0 Å². The Morgan fingerprint density at radius 3 is 2.69 bits per heavy atom. The Labute approximate surface area is 94.2 Å². The number of hydrogen-bond donors (Lipinski definition) is 4. The van der Waals surface area contributed by atoms with Gasteiger partial charge in [0.25, 0.3) is 0 Å². The number of nitrogens with one attached hydrogen (secondary N) is 2. The molecule has 7 heteroatoms. The van der Waals surface area contributed by atoms with Crippen LogP contribution < -0.4 is 10.0 Å². The van der Waals surface area contributed by atoms with E-state index in [1.165, 1.54) is 12.1 Å². The molecular formula is C9H14N2O4S. The Morgan fingerprint density at radius 1 is 1.44 bits per heavy atom. The second kappa shape index (κ2) is 5.26. The summed E-state index contributed by atoms with van der Waals surface area (Å²) in [6.45, 7) is 0.356. The van der Waals surface area contributed by atoms with Crippen molar-refractivity contribution in [2.45, 2.75) is 6.10 Å². The molecule has 0 fully saturated rings. The van der Waals surface area contributed by atoms with Crippen LogP contribution in [0.1, 0.15) is 11.7 Å². The fraction of sp³-hybridized carbons (Fsp3) is 0.333. The predicted octanol–water partition coefficient (Wildman–Crippen LogP) is 0.154. The van der Waals surface area contributed by atoms with E-state index in [-0.39, 0.29) is 5.69 Å². The van der Waals surface area contributed by atoms with Crippen LogP contribution in [-0.2, 0) is 10.3 Å². The van der Waals surface area contributed by atoms with Crippen LogP contribution in [0.25, 0.3) is 0 Å². The zero-order valence-electron chi connectivity index (χ0n) is 8.71. The maximum atomic E-state index is 10.6. The van der Waals surface area contributed by atoms with E-state index in [0.29, 0.717) is 12.1 Å². The van der Waals surface area contributed by atoms with Crippen LogP contribution in [0.15, 0.2) is 24.3 Å². The number of likely N-dealkylation sites (N-methyl/N-ethyl adjacent to an activating group) is 1. The summed E-state index contributed by atoms with van der Waals surface area (Å²) < 4.78 is 31.7. The summed E-state index contributed by atoms with van der Waals surface area (Å²) in [7, 11) is -2.58. The number of aliphatic hydroxyl groups is 1. The highest BCUT2D eigenvalue weighted by Gasteiger charge is 2.09. The van der Waals surface area contributed by atoms with Gasteiger partial charge in [-0.25, -0.2) is 0 Å². The molecule has 1 rings (SSSR count). The van der Waals surface area contributed by atoms with Gasteiger partial charge in [-0.05, 0) is 24.7 Å². The van der Waals surface area contributed by atoms with E-state index in [2.05, 4.69) is 5.32 Å². The van der Waals surface area contributed by atoms with E-state index < -0.39 is 16.4 Å². The lowest BCUT2D eigenvalue weighted by Crippen LogP contribution is -2.17. The molecule has 0 heterocycles. The number of rotatable bonds is 5. The quantitative estimate of drug-likeness (QED) is 0.554. The molecule has 0 aliphatic heterocycles. The predicted molar refractivity (Wildman–Crippen MR) is 60.5 cm³/mol. The van der Waals surface area contributed by atoms with Gasteiger partial charge in [-0.1, -0.05) is 12.1 Å². The van der Waals surface area contributed by atoms with Crippen LogP contribution in [-0.4, -0.2) is 31.7 Å². The minimum absolute atomic E-state index is 0.204. The molecule has 0 saturated carbocycles. The molecule has 90 valence electrons. The van der Waals surface area contributed by atoms with E-state index in [4.69, 9.17) is 4.55 Å². The molecule has 0 bridgehead atoms. The number of anilines is 1. The Balaban J connectivity index is 2.86. The van der Waals surface area contributed by atoms with Crippen molar-refractivity contribution < 1.29 is 18.1 Å². The Kier molecular flexibility index (Phi) is 4.25. The molecule has 0 aliphatic rings. The van der Waals surface area contributed by atoms with Crippen molar-refractivity contribution in [2.24, 2.45) is 0 Å². The first-order chi connectivity index (χ1) is 7.42. The van der Waals surface area contributed by atoms with Gasteiger partial charge >= 0.3 is 10.3 Å². The third-order valence-corrected chi connectivity index (χ3v) is 2.41. The molecule has 6 nitrogen and oxygen atoms in total. The van der Waals surface area contributed by atoms with Gasteiger partial charge in [0.2, 0.25) is 0 Å². The van der Waals surface area contributed by atoms with Crippen molar-refractivity contribution in [3.63, 3.8) is 0 Å². The highest BCUT2D eigenvalue weighted by Crippen LogP contribution is 2.17. The summed E-state index contributed by atoms with van der Waals surface area (Å²) in [5.41, 5.74) is 0.762. The molecule has 1 atom stereocenters. The zero-order valence-corrected chi connectivity index (χ0v) is 9.53. The lowest BCUT2D eigenvalue weighted by Gasteiger charge is -2.11. The van der Waals surface area contributed by atoms with Crippen LogP contribution in [0.3, 0.4) is 0 Å². The van der Waals surface area contributed by atoms with Gasteiger partial charge in [-0.15, -0.1) is 0 Å². The second-order valence-corrected chi connectivity index (χ2v) is 4.43. The minimum Gasteiger partial charge on any atom is -0.387 e. The molecule has 1 unspecified atom stereocenters. The van der Waals surface area contributed by atoms with Crippen molar-refractivity contribution in [3.8, 4) is 0 Å². The van der Waals surface area contributed by atoms with Gasteiger partial charge in [-0.3, -0.25) is 9.27 Å². The Morgan fingerprint density at radius 2 is 2.12 bits per heavy atom. The van der Waals surface area contributed by atoms with Crippen LogP contribution in [0, 0.1) is 0 Å². The molecule has 4 N–H and O–H groups in total. The van der Waals surface area contributed by atoms with Crippen LogP contribution in [0.5, 0.6) is 0 Å². The fourth-order valence-corrected chi connectivity index (χ4v) is 1.69. The average Bonchev–Trinajstić information content (AvgIpc) is 2.16. The summed E-state index contributed by atoms with van der Waals surface area (Å²) in [6, 6.07) is 6.18. The largest absolute Gasteiger partial charge is 0.387 e. The third kappa shape index (κ3) is 4.15. The maximum Gasteiger partial charge on any atom is 0.357 e. The summed E-state index contributed by atoms with van der Waals surface area (Å²) in [6.07, 6.45) is -0.729.